The summed E-state index contributed by atoms with van der Waals surface area (Å²) < 4.78 is 5.94. The molecule has 142 valence electrons. The van der Waals surface area contributed by atoms with E-state index in [1.807, 2.05) is 0 Å². The van der Waals surface area contributed by atoms with Crippen LogP contribution >= 0.6 is 0 Å². The van der Waals surface area contributed by atoms with Gasteiger partial charge in [-0.25, -0.2) is 0 Å². The number of hydrogen-bond donors (Lipinski definition) is 0. The molecule has 2 saturated heterocycles. The highest BCUT2D eigenvalue weighted by Crippen LogP contribution is 2.28. The number of hydrogen-bond acceptors (Lipinski definition) is 4. The average molecular weight is 357 g/mol. The van der Waals surface area contributed by atoms with Crippen LogP contribution in [0.3, 0.4) is 0 Å². The first-order valence-corrected chi connectivity index (χ1v) is 10.2. The van der Waals surface area contributed by atoms with Gasteiger partial charge < -0.3 is 9.64 Å². The van der Waals surface area contributed by atoms with Crippen LogP contribution < -0.4 is 0 Å². The largest absolute Gasteiger partial charge is 0.375 e. The molecule has 0 aromatic heterocycles. The molecule has 4 rings (SSSR count). The Labute approximate surface area is 156 Å². The fourth-order valence-corrected chi connectivity index (χ4v) is 4.64. The zero-order chi connectivity index (χ0) is 17.8. The molecule has 3 fully saturated rings. The maximum absolute atomic E-state index is 12.8. The van der Waals surface area contributed by atoms with E-state index in [9.17, 15) is 4.79 Å². The predicted molar refractivity (Wildman–Crippen MR) is 102 cm³/mol. The standard InChI is InChI=1S/C21H31N3O2/c25-21(17-24-14-15-26-20-9-5-4-8-19(20)24)23-12-10-22(11-13-23)16-18-6-2-1-3-7-18/h1-3,6-7,19-20H,4-5,8-17H2. The summed E-state index contributed by atoms with van der Waals surface area (Å²) in [5, 5.41) is 0. The first-order chi connectivity index (χ1) is 12.8. The van der Waals surface area contributed by atoms with E-state index in [-0.39, 0.29) is 0 Å². The summed E-state index contributed by atoms with van der Waals surface area (Å²) in [4.78, 5) is 19.7. The van der Waals surface area contributed by atoms with E-state index in [0.29, 0.717) is 24.6 Å². The first-order valence-electron chi connectivity index (χ1n) is 10.2. The van der Waals surface area contributed by atoms with Crippen LogP contribution in [0.5, 0.6) is 0 Å². The molecule has 3 aliphatic rings. The lowest BCUT2D eigenvalue weighted by atomic mass is 9.90. The summed E-state index contributed by atoms with van der Waals surface area (Å²) in [5.74, 6) is 0.301. The fraction of sp³-hybridized carbons (Fsp3) is 0.667. The minimum absolute atomic E-state index is 0.301. The van der Waals surface area contributed by atoms with Crippen LogP contribution in [0.2, 0.25) is 0 Å². The minimum Gasteiger partial charge on any atom is -0.375 e. The summed E-state index contributed by atoms with van der Waals surface area (Å²) >= 11 is 0. The number of ether oxygens (including phenoxy) is 1. The number of benzene rings is 1. The van der Waals surface area contributed by atoms with E-state index in [2.05, 4.69) is 45.0 Å². The average Bonchev–Trinajstić information content (AvgIpc) is 2.70. The van der Waals surface area contributed by atoms with Crippen LogP contribution in [0.4, 0.5) is 0 Å². The Morgan fingerprint density at radius 2 is 1.77 bits per heavy atom. The zero-order valence-electron chi connectivity index (χ0n) is 15.7. The van der Waals surface area contributed by atoms with Gasteiger partial charge in [0.2, 0.25) is 5.91 Å². The molecule has 2 aliphatic heterocycles. The van der Waals surface area contributed by atoms with Crippen molar-refractivity contribution < 1.29 is 9.53 Å². The Bertz CT molecular complexity index is 584. The number of rotatable bonds is 4. The second-order valence-corrected chi connectivity index (χ2v) is 7.87. The van der Waals surface area contributed by atoms with Crippen molar-refractivity contribution in [1.82, 2.24) is 14.7 Å². The summed E-state index contributed by atoms with van der Waals surface area (Å²) in [6.07, 6.45) is 5.24. The highest BCUT2D eigenvalue weighted by atomic mass is 16.5. The van der Waals surface area contributed by atoms with E-state index in [1.54, 1.807) is 0 Å². The minimum atomic E-state index is 0.301. The number of piperazine rings is 1. The van der Waals surface area contributed by atoms with Gasteiger partial charge in [0.25, 0.3) is 0 Å². The quantitative estimate of drug-likeness (QED) is 0.826. The molecule has 1 saturated carbocycles. The predicted octanol–water partition coefficient (Wildman–Crippen LogP) is 1.97. The molecular weight excluding hydrogens is 326 g/mol. The molecule has 2 heterocycles. The lowest BCUT2D eigenvalue weighted by Crippen LogP contribution is -2.57. The Balaban J connectivity index is 1.25. The van der Waals surface area contributed by atoms with Crippen molar-refractivity contribution in [3.05, 3.63) is 35.9 Å². The molecule has 1 amide bonds. The van der Waals surface area contributed by atoms with Crippen molar-refractivity contribution in [1.29, 1.82) is 0 Å². The van der Waals surface area contributed by atoms with Gasteiger partial charge in [0, 0.05) is 45.3 Å². The summed E-state index contributed by atoms with van der Waals surface area (Å²) in [5.41, 5.74) is 1.35. The maximum atomic E-state index is 12.8. The molecule has 0 radical (unpaired) electrons. The monoisotopic (exact) mass is 357 g/mol. The number of morpholine rings is 1. The molecule has 2 unspecified atom stereocenters. The van der Waals surface area contributed by atoms with Crippen LogP contribution in [0.1, 0.15) is 31.2 Å². The molecule has 26 heavy (non-hydrogen) atoms. The summed E-state index contributed by atoms with van der Waals surface area (Å²) in [6, 6.07) is 11.1. The molecule has 0 bridgehead atoms. The lowest BCUT2D eigenvalue weighted by Gasteiger charge is -2.44. The van der Waals surface area contributed by atoms with Gasteiger partial charge >= 0.3 is 0 Å². The maximum Gasteiger partial charge on any atom is 0.236 e. The van der Waals surface area contributed by atoms with Gasteiger partial charge in [0.15, 0.2) is 0 Å². The smallest absolute Gasteiger partial charge is 0.236 e. The van der Waals surface area contributed by atoms with E-state index in [4.69, 9.17) is 4.74 Å². The Kier molecular flexibility index (Phi) is 5.88. The van der Waals surface area contributed by atoms with Gasteiger partial charge in [-0.1, -0.05) is 43.2 Å². The Morgan fingerprint density at radius 3 is 2.58 bits per heavy atom. The molecule has 0 spiro atoms. The van der Waals surface area contributed by atoms with Gasteiger partial charge in [0.05, 0.1) is 19.3 Å². The van der Waals surface area contributed by atoms with E-state index in [1.165, 1.54) is 24.8 Å². The number of carbonyl (C=O) groups is 1. The van der Waals surface area contributed by atoms with Crippen molar-refractivity contribution in [2.45, 2.75) is 44.4 Å². The molecule has 0 N–H and O–H groups in total. The Hall–Kier alpha value is -1.43. The topological polar surface area (TPSA) is 36.0 Å². The van der Waals surface area contributed by atoms with Crippen molar-refractivity contribution in [2.75, 3.05) is 45.9 Å². The molecule has 5 nitrogen and oxygen atoms in total. The van der Waals surface area contributed by atoms with Crippen LogP contribution in [0.25, 0.3) is 0 Å². The third-order valence-corrected chi connectivity index (χ3v) is 6.16. The van der Waals surface area contributed by atoms with E-state index < -0.39 is 0 Å². The highest BCUT2D eigenvalue weighted by Gasteiger charge is 2.35. The van der Waals surface area contributed by atoms with Crippen LogP contribution in [0, 0.1) is 0 Å². The van der Waals surface area contributed by atoms with Crippen molar-refractivity contribution in [2.24, 2.45) is 0 Å². The van der Waals surface area contributed by atoms with Crippen LogP contribution in [-0.2, 0) is 16.1 Å². The third kappa shape index (κ3) is 4.27. The van der Waals surface area contributed by atoms with Gasteiger partial charge in [-0.15, -0.1) is 0 Å². The third-order valence-electron chi connectivity index (χ3n) is 6.16. The van der Waals surface area contributed by atoms with Crippen LogP contribution in [-0.4, -0.2) is 78.6 Å². The Morgan fingerprint density at radius 1 is 1.00 bits per heavy atom. The van der Waals surface area contributed by atoms with E-state index in [0.717, 1.165) is 52.3 Å². The second-order valence-electron chi connectivity index (χ2n) is 7.87. The normalized spacial score (nSPS) is 27.9. The number of fused-ring (bicyclic) bond motifs is 1. The van der Waals surface area contributed by atoms with Crippen molar-refractivity contribution in [3.8, 4) is 0 Å². The highest BCUT2D eigenvalue weighted by molar-refractivity contribution is 5.78. The van der Waals surface area contributed by atoms with Gasteiger partial charge in [-0.3, -0.25) is 14.6 Å². The van der Waals surface area contributed by atoms with E-state index >= 15 is 0 Å². The first kappa shape index (κ1) is 18.0. The van der Waals surface area contributed by atoms with Crippen molar-refractivity contribution in [3.63, 3.8) is 0 Å². The SMILES string of the molecule is O=C(CN1CCOC2CCCCC21)N1CCN(Cc2ccccc2)CC1. The molecule has 5 heteroatoms. The molecule has 1 aromatic carbocycles. The summed E-state index contributed by atoms with van der Waals surface area (Å²) in [7, 11) is 0. The van der Waals surface area contributed by atoms with Gasteiger partial charge in [0.1, 0.15) is 0 Å². The molecular formula is C21H31N3O2. The molecule has 2 atom stereocenters. The van der Waals surface area contributed by atoms with Crippen molar-refractivity contribution >= 4 is 5.91 Å². The van der Waals surface area contributed by atoms with Gasteiger partial charge in [-0.05, 0) is 18.4 Å². The van der Waals surface area contributed by atoms with Gasteiger partial charge in [-0.2, -0.15) is 0 Å². The number of carbonyl (C=O) groups excluding carboxylic acids is 1. The molecule has 1 aromatic rings. The van der Waals surface area contributed by atoms with Crippen LogP contribution in [0.15, 0.2) is 30.3 Å². The fourth-order valence-electron chi connectivity index (χ4n) is 4.64. The lowest BCUT2D eigenvalue weighted by molar-refractivity contribution is -0.140. The zero-order valence-corrected chi connectivity index (χ0v) is 15.7. The summed E-state index contributed by atoms with van der Waals surface area (Å²) in [6.45, 7) is 6.87. The second kappa shape index (κ2) is 8.51. The molecule has 1 aliphatic carbocycles. The number of amides is 1. The number of nitrogens with zero attached hydrogens (tertiary/aromatic N) is 3.